The second-order valence-corrected chi connectivity index (χ2v) is 22.9. The molecule has 516 valence electrons. The number of fused-ring (bicyclic) bond motifs is 1. The van der Waals surface area contributed by atoms with Crippen molar-refractivity contribution in [3.63, 3.8) is 0 Å². The van der Waals surface area contributed by atoms with E-state index in [0.717, 1.165) is 10.8 Å². The summed E-state index contributed by atoms with van der Waals surface area (Å²) in [6.07, 6.45) is -72.1. The van der Waals surface area contributed by atoms with Crippen LogP contribution in [0.1, 0.15) is 0 Å². The highest BCUT2D eigenvalue weighted by molar-refractivity contribution is 5.83. The van der Waals surface area contributed by atoms with E-state index in [1.165, 1.54) is 0 Å². The Hall–Kier alpha value is -3.39. The Kier molecular flexibility index (Phi) is 23.5. The lowest BCUT2D eigenvalue weighted by atomic mass is 9.95. The van der Waals surface area contributed by atoms with Crippen LogP contribution < -0.4 is 4.74 Å². The third-order valence-corrected chi connectivity index (χ3v) is 17.1. The molecule has 0 aliphatic carbocycles. The maximum absolute atomic E-state index is 13.3. The Morgan fingerprint density at radius 1 is 0.308 bits per heavy atom. The fourth-order valence-corrected chi connectivity index (χ4v) is 12.0. The molecule has 0 saturated carbocycles. The number of benzene rings is 2. The first kappa shape index (κ1) is 70.4. The molecule has 0 radical (unpaired) electrons. The van der Waals surface area contributed by atoms with Crippen molar-refractivity contribution in [3.05, 3.63) is 42.5 Å². The van der Waals surface area contributed by atoms with Crippen LogP contribution in [-0.4, -0.2) is 376 Å². The van der Waals surface area contributed by atoms with E-state index in [1.54, 1.807) is 30.3 Å². The van der Waals surface area contributed by atoms with Gasteiger partial charge in [-0.05, 0) is 22.9 Å². The predicted molar refractivity (Wildman–Crippen MR) is 282 cm³/mol. The zero-order valence-corrected chi connectivity index (χ0v) is 47.8. The topological polar surface area (TPSA) is 569 Å². The Labute approximate surface area is 514 Å². The van der Waals surface area contributed by atoms with Gasteiger partial charge in [-0.15, -0.1) is 0 Å². The number of ether oxygens (including phenoxy) is 16. The van der Waals surface area contributed by atoms with Gasteiger partial charge >= 0.3 is 5.97 Å². The van der Waals surface area contributed by atoms with E-state index in [4.69, 9.17) is 75.8 Å². The van der Waals surface area contributed by atoms with Crippen LogP contribution in [0.4, 0.5) is 0 Å². The van der Waals surface area contributed by atoms with Crippen LogP contribution in [0.5, 0.6) is 5.75 Å². The minimum Gasteiger partial charge on any atom is -0.482 e. The molecule has 0 aromatic heterocycles. The molecule has 21 aliphatic rings. The van der Waals surface area contributed by atoms with Gasteiger partial charge in [0, 0.05) is 0 Å². The largest absolute Gasteiger partial charge is 0.482 e. The molecule has 20 N–H and O–H groups in total. The van der Waals surface area contributed by atoms with Gasteiger partial charge < -0.3 is 178 Å². The highest BCUT2D eigenvalue weighted by atomic mass is 16.8. The molecule has 2 aromatic carbocycles. The van der Waals surface area contributed by atoms with E-state index in [0.29, 0.717) is 0 Å². The van der Waals surface area contributed by atoms with Crippen LogP contribution in [0, 0.1) is 0 Å². The zero-order valence-electron chi connectivity index (χ0n) is 47.8. The molecule has 37 nitrogen and oxygen atoms in total. The molecule has 21 aliphatic heterocycles. The first-order valence-corrected chi connectivity index (χ1v) is 29.2. The first-order valence-electron chi connectivity index (χ1n) is 29.2. The van der Waals surface area contributed by atoms with Gasteiger partial charge in [-0.1, -0.05) is 30.3 Å². The van der Waals surface area contributed by atoms with Crippen LogP contribution in [0.25, 0.3) is 10.8 Å². The van der Waals surface area contributed by atoms with Crippen molar-refractivity contribution in [3.8, 4) is 5.75 Å². The molecule has 21 heterocycles. The lowest BCUT2D eigenvalue weighted by Gasteiger charge is -2.50. The molecular weight excluding hydrogens is 1240 g/mol. The highest BCUT2D eigenvalue weighted by Gasteiger charge is 2.60. The number of hydrogen-bond acceptors (Lipinski definition) is 37. The average molecular weight is 1320 g/mol. The summed E-state index contributed by atoms with van der Waals surface area (Å²) in [7, 11) is 0. The Morgan fingerprint density at radius 2 is 0.549 bits per heavy atom. The smallest absolute Gasteiger partial charge is 0.344 e. The molecule has 35 atom stereocenters. The third-order valence-electron chi connectivity index (χ3n) is 17.1. The highest BCUT2D eigenvalue weighted by Crippen LogP contribution is 2.39. The summed E-state index contributed by atoms with van der Waals surface area (Å²) in [6, 6.07) is 12.2. The molecule has 21 saturated heterocycles. The maximum atomic E-state index is 13.3. The van der Waals surface area contributed by atoms with Crippen molar-refractivity contribution in [2.45, 2.75) is 215 Å². The van der Waals surface area contributed by atoms with Crippen LogP contribution in [0.3, 0.4) is 0 Å². The van der Waals surface area contributed by atoms with Crippen molar-refractivity contribution in [1.82, 2.24) is 0 Å². The van der Waals surface area contributed by atoms with Crippen molar-refractivity contribution in [1.29, 1.82) is 0 Å². The molecule has 23 rings (SSSR count). The molecule has 91 heavy (non-hydrogen) atoms. The predicted octanol–water partition coefficient (Wildman–Crippen LogP) is -12.4. The summed E-state index contributed by atoms with van der Waals surface area (Å²) < 4.78 is 92.1. The van der Waals surface area contributed by atoms with E-state index in [2.05, 4.69) is 0 Å². The van der Waals surface area contributed by atoms with Gasteiger partial charge in [-0.3, -0.25) is 0 Å². The standard InChI is InChI=1S/C54H78O37/c55-8-19-41-28(63)35(70)49(79-19)87-43-21(10-57)81-51(37(72)30(43)65)89-45-23(12-59)83-53(39(74)32(45)67)91-47-25(14-77-26(61)15-76-18-6-5-16-3-1-2-4-17(16)7-18)84-54(40(75)33(47)68)90-46-24(13-60)82-52(38(73)31(46)66)88-44-22(11-58)80-50(36(71)29(44)64)86-42-20(9-56)78-48(85-41)34(69)27(42)62/h1-7,19-25,27-60,62-75H,8-15H2/t19-,20-,21-,22-,23-,24-,25-,27-,28-,29-,30-,31-,32-,33-,34-,35-,36-,37-,38-,39-,40-,41-,42-,43-,44-,45-,46-,47-,48-,49-,50-,51-,52-,53-,54-/m1/s1. The summed E-state index contributed by atoms with van der Waals surface area (Å²) >= 11 is 0. The Balaban J connectivity index is 0.931. The lowest BCUT2D eigenvalue weighted by Crippen LogP contribution is -2.68. The molecular formula is C54H78O37. The molecule has 0 spiro atoms. The molecule has 21 fully saturated rings. The van der Waals surface area contributed by atoms with Gasteiger partial charge in [0.05, 0.1) is 39.6 Å². The molecule has 0 amide bonds. The van der Waals surface area contributed by atoms with Crippen LogP contribution in [0.15, 0.2) is 42.5 Å². The van der Waals surface area contributed by atoms with Gasteiger partial charge in [0.2, 0.25) is 0 Å². The maximum Gasteiger partial charge on any atom is 0.344 e. The minimum absolute atomic E-state index is 0.255. The van der Waals surface area contributed by atoms with E-state index < -0.39 is 274 Å². The van der Waals surface area contributed by atoms with E-state index in [1.807, 2.05) is 12.1 Å². The first-order chi connectivity index (χ1) is 43.5. The summed E-state index contributed by atoms with van der Waals surface area (Å²) in [4.78, 5) is 13.3. The van der Waals surface area contributed by atoms with E-state index >= 15 is 0 Å². The second kappa shape index (κ2) is 30.4. The van der Waals surface area contributed by atoms with Gasteiger partial charge in [-0.25, -0.2) is 4.79 Å². The Bertz CT molecular complexity index is 2620. The van der Waals surface area contributed by atoms with Gasteiger partial charge in [0.15, 0.2) is 50.6 Å². The quantitative estimate of drug-likeness (QED) is 0.0929. The number of aliphatic hydroxyl groups excluding tert-OH is 20. The number of carbonyl (C=O) groups is 1. The van der Waals surface area contributed by atoms with Crippen LogP contribution in [-0.2, 0) is 75.8 Å². The van der Waals surface area contributed by atoms with Crippen LogP contribution in [0.2, 0.25) is 0 Å². The van der Waals surface area contributed by atoms with Crippen molar-refractivity contribution in [2.24, 2.45) is 0 Å². The summed E-state index contributed by atoms with van der Waals surface area (Å²) in [5.41, 5.74) is 0. The zero-order chi connectivity index (χ0) is 65.4. The van der Waals surface area contributed by atoms with Crippen molar-refractivity contribution in [2.75, 3.05) is 52.9 Å². The van der Waals surface area contributed by atoms with Gasteiger partial charge in [0.25, 0.3) is 0 Å². The Morgan fingerprint density at radius 3 is 0.813 bits per heavy atom. The molecule has 14 bridgehead atoms. The molecule has 37 heteroatoms. The summed E-state index contributed by atoms with van der Waals surface area (Å²) in [6.45, 7) is -8.10. The normalized spacial score (nSPS) is 48.5. The molecule has 0 unspecified atom stereocenters. The lowest BCUT2D eigenvalue weighted by molar-refractivity contribution is -0.396. The molecule has 2 aromatic rings. The fourth-order valence-electron chi connectivity index (χ4n) is 12.0. The fraction of sp³-hybridized carbons (Fsp3) is 0.796. The van der Waals surface area contributed by atoms with E-state index in [9.17, 15) is 107 Å². The van der Waals surface area contributed by atoms with Crippen molar-refractivity contribution < 1.29 is 183 Å². The monoisotopic (exact) mass is 1320 g/mol. The number of esters is 1. The summed E-state index contributed by atoms with van der Waals surface area (Å²) in [5.74, 6) is -0.798. The van der Waals surface area contributed by atoms with Gasteiger partial charge in [-0.2, -0.15) is 0 Å². The van der Waals surface area contributed by atoms with Crippen LogP contribution >= 0.6 is 0 Å². The number of carbonyl (C=O) groups excluding carboxylic acids is 1. The van der Waals surface area contributed by atoms with Crippen molar-refractivity contribution >= 4 is 16.7 Å². The number of rotatable bonds is 11. The summed E-state index contributed by atoms with van der Waals surface area (Å²) in [5, 5.41) is 226. The average Bonchev–Trinajstić information content (AvgIpc) is 1.25. The third kappa shape index (κ3) is 14.5. The van der Waals surface area contributed by atoms with E-state index in [-0.39, 0.29) is 5.75 Å². The second-order valence-electron chi connectivity index (χ2n) is 22.9. The SMILES string of the molecule is O=C(COc1ccc2ccccc2c1)OC[C@H]1O[C@@H]2O[C@H]3[C@H](O)[C@@H](O)[C@@H](O[C@H]4[C@H](O)[C@@H](O)[C@@H](O[C@H]5[C@H](O)[C@@H](O)[C@@H](O[C@H]6[C@H](O)[C@@H](O)[C@@H](O[C@H]7[C@H](O)[C@@H](O)[C@@H](O[C@H]8[C@H](O)[C@@H](O)[C@@H](O[C@H]1[C@H](O)[C@H]2O)O[C@@H]8CO)O[C@@H]7CO)O[C@@H]6CO)O[C@@H]5CO)O[C@@H]4CO)O[C@@H]3CO. The van der Waals surface area contributed by atoms with Gasteiger partial charge in [0.1, 0.15) is 183 Å². The minimum atomic E-state index is -2.30. The number of hydrogen-bond donors (Lipinski definition) is 20. The number of aliphatic hydroxyl groups is 20.